The molecule has 1 N–H and O–H groups in total. The highest BCUT2D eigenvalue weighted by atomic mass is 19.1. The van der Waals surface area contributed by atoms with Gasteiger partial charge in [-0.1, -0.05) is 0 Å². The first-order valence-corrected chi connectivity index (χ1v) is 9.62. The lowest BCUT2D eigenvalue weighted by atomic mass is 10.0. The number of benzene rings is 1. The number of fused-ring (bicyclic) bond motifs is 2. The number of aromatic nitrogens is 1. The maximum Gasteiger partial charge on any atom is 0.341 e. The number of likely N-dealkylation sites (tertiary alicyclic amines) is 1. The van der Waals surface area contributed by atoms with Crippen molar-refractivity contribution in [1.29, 1.82) is 0 Å². The Morgan fingerprint density at radius 2 is 1.96 bits per heavy atom. The van der Waals surface area contributed by atoms with Crippen LogP contribution in [0.15, 0.2) is 17.1 Å². The van der Waals surface area contributed by atoms with Crippen molar-refractivity contribution in [3.63, 3.8) is 0 Å². The quantitative estimate of drug-likeness (QED) is 0.874. The first kappa shape index (κ1) is 17.6. The molecule has 2 atom stereocenters. The van der Waals surface area contributed by atoms with Gasteiger partial charge in [0, 0.05) is 37.9 Å². The summed E-state index contributed by atoms with van der Waals surface area (Å²) in [5, 5.41) is 9.13. The van der Waals surface area contributed by atoms with Crippen LogP contribution in [-0.4, -0.2) is 53.3 Å². The van der Waals surface area contributed by atoms with Gasteiger partial charge in [-0.05, 0) is 38.3 Å². The van der Waals surface area contributed by atoms with Crippen LogP contribution in [0.4, 0.5) is 14.5 Å². The second kappa shape index (κ2) is 6.01. The minimum Gasteiger partial charge on any atom is -0.477 e. The molecule has 2 unspecified atom stereocenters. The number of nitrogens with zero attached hydrogens (tertiary/aromatic N) is 3. The number of carboxylic acid groups (broad SMARTS) is 1. The van der Waals surface area contributed by atoms with E-state index in [0.717, 1.165) is 38.4 Å². The van der Waals surface area contributed by atoms with E-state index in [1.54, 1.807) is 4.90 Å². The molecule has 3 aliphatic rings. The highest BCUT2D eigenvalue weighted by Crippen LogP contribution is 2.42. The van der Waals surface area contributed by atoms with Crippen LogP contribution in [0.2, 0.25) is 0 Å². The number of aromatic carboxylic acids is 1. The van der Waals surface area contributed by atoms with E-state index in [9.17, 15) is 14.7 Å². The summed E-state index contributed by atoms with van der Waals surface area (Å²) in [6.07, 6.45) is 3.65. The zero-order valence-corrected chi connectivity index (χ0v) is 15.5. The van der Waals surface area contributed by atoms with Crippen LogP contribution in [0.25, 0.3) is 10.9 Å². The molecule has 1 saturated carbocycles. The van der Waals surface area contributed by atoms with Crippen molar-refractivity contribution < 1.29 is 18.7 Å². The van der Waals surface area contributed by atoms with Gasteiger partial charge in [-0.2, -0.15) is 0 Å². The van der Waals surface area contributed by atoms with Gasteiger partial charge in [0.2, 0.25) is 5.43 Å². The first-order chi connectivity index (χ1) is 13.4. The van der Waals surface area contributed by atoms with Crippen molar-refractivity contribution in [2.24, 2.45) is 5.92 Å². The van der Waals surface area contributed by atoms with E-state index in [1.165, 1.54) is 10.8 Å². The maximum absolute atomic E-state index is 15.7. The molecule has 8 heteroatoms. The minimum absolute atomic E-state index is 0.0173. The summed E-state index contributed by atoms with van der Waals surface area (Å²) in [5.74, 6) is -2.57. The molecule has 0 amide bonds. The fourth-order valence-electron chi connectivity index (χ4n) is 4.94. The topological polar surface area (TPSA) is 65.8 Å². The molecule has 5 rings (SSSR count). The fraction of sp³-hybridized carbons (Fsp3) is 0.500. The van der Waals surface area contributed by atoms with Crippen molar-refractivity contribution in [3.8, 4) is 0 Å². The molecule has 1 aromatic carbocycles. The van der Waals surface area contributed by atoms with E-state index in [0.29, 0.717) is 12.5 Å². The van der Waals surface area contributed by atoms with Crippen LogP contribution in [-0.2, 0) is 0 Å². The molecule has 3 fully saturated rings. The van der Waals surface area contributed by atoms with E-state index in [4.69, 9.17) is 0 Å². The largest absolute Gasteiger partial charge is 0.477 e. The first-order valence-electron chi connectivity index (χ1n) is 9.62. The minimum atomic E-state index is -1.39. The molecular weight excluding hydrogens is 368 g/mol. The smallest absolute Gasteiger partial charge is 0.341 e. The van der Waals surface area contributed by atoms with Crippen molar-refractivity contribution in [1.82, 2.24) is 9.47 Å². The lowest BCUT2D eigenvalue weighted by Crippen LogP contribution is -2.36. The normalized spacial score (nSPS) is 24.9. The number of halogens is 2. The van der Waals surface area contributed by atoms with Gasteiger partial charge in [0.25, 0.3) is 0 Å². The van der Waals surface area contributed by atoms with Crippen LogP contribution >= 0.6 is 0 Å². The summed E-state index contributed by atoms with van der Waals surface area (Å²) in [7, 11) is 2.00. The standard InChI is InChI=1S/C20H21F2N3O3/c1-23-7-10-4-5-24(15(10)9-23)18-14(21)6-12-17(16(18)22)25(11-2-3-11)8-13(19(12)26)20(27)28/h6,8,10-11,15H,2-5,7,9H2,1H3,(H,27,28). The molecule has 0 bridgehead atoms. The molecule has 0 radical (unpaired) electrons. The van der Waals surface area contributed by atoms with E-state index < -0.39 is 28.6 Å². The van der Waals surface area contributed by atoms with Gasteiger partial charge in [-0.15, -0.1) is 0 Å². The highest BCUT2D eigenvalue weighted by molar-refractivity contribution is 5.94. The summed E-state index contributed by atoms with van der Waals surface area (Å²) in [6.45, 7) is 2.23. The van der Waals surface area contributed by atoms with Gasteiger partial charge >= 0.3 is 5.97 Å². The Labute approximate surface area is 160 Å². The Bertz CT molecular complexity index is 1060. The third-order valence-electron chi connectivity index (χ3n) is 6.37. The summed E-state index contributed by atoms with van der Waals surface area (Å²) in [4.78, 5) is 28.0. The van der Waals surface area contributed by atoms with Crippen molar-refractivity contribution in [2.45, 2.75) is 31.3 Å². The second-order valence-corrected chi connectivity index (χ2v) is 8.26. The molecule has 2 aliphatic heterocycles. The number of rotatable bonds is 3. The van der Waals surface area contributed by atoms with Crippen LogP contribution in [0.5, 0.6) is 0 Å². The van der Waals surface area contributed by atoms with Gasteiger partial charge in [0.1, 0.15) is 17.1 Å². The fourth-order valence-corrected chi connectivity index (χ4v) is 4.94. The molecule has 1 aliphatic carbocycles. The molecule has 2 aromatic rings. The third kappa shape index (κ3) is 2.47. The van der Waals surface area contributed by atoms with Crippen molar-refractivity contribution in [3.05, 3.63) is 39.7 Å². The SMILES string of the molecule is CN1CC2CCN(c3c(F)cc4c(=O)c(C(=O)O)cn(C5CC5)c4c3F)C2C1. The Morgan fingerprint density at radius 3 is 2.64 bits per heavy atom. The Hall–Kier alpha value is -2.48. The van der Waals surface area contributed by atoms with Gasteiger partial charge in [-0.25, -0.2) is 13.6 Å². The van der Waals surface area contributed by atoms with Gasteiger partial charge in [0.15, 0.2) is 5.82 Å². The number of pyridine rings is 1. The Morgan fingerprint density at radius 1 is 1.21 bits per heavy atom. The summed E-state index contributed by atoms with van der Waals surface area (Å²) in [5.41, 5.74) is -1.37. The number of hydrogen-bond acceptors (Lipinski definition) is 4. The van der Waals surface area contributed by atoms with E-state index in [-0.39, 0.29) is 28.7 Å². The van der Waals surface area contributed by atoms with Crippen molar-refractivity contribution >= 4 is 22.6 Å². The summed E-state index contributed by atoms with van der Waals surface area (Å²) >= 11 is 0. The van der Waals surface area contributed by atoms with E-state index >= 15 is 8.78 Å². The number of carboxylic acids is 1. The number of likely N-dealkylation sites (N-methyl/N-ethyl adjacent to an activating group) is 1. The van der Waals surface area contributed by atoms with Crippen LogP contribution in [0.1, 0.15) is 35.7 Å². The van der Waals surface area contributed by atoms with Gasteiger partial charge in [0.05, 0.1) is 10.9 Å². The lowest BCUT2D eigenvalue weighted by Gasteiger charge is -2.28. The maximum atomic E-state index is 15.7. The second-order valence-electron chi connectivity index (χ2n) is 8.26. The Balaban J connectivity index is 1.74. The van der Waals surface area contributed by atoms with Crippen LogP contribution < -0.4 is 10.3 Å². The summed E-state index contributed by atoms with van der Waals surface area (Å²) in [6, 6.07) is 1.01. The van der Waals surface area contributed by atoms with Gasteiger partial charge < -0.3 is 19.5 Å². The average molecular weight is 389 g/mol. The van der Waals surface area contributed by atoms with E-state index in [2.05, 4.69) is 4.90 Å². The number of anilines is 1. The van der Waals surface area contributed by atoms with Gasteiger partial charge in [-0.3, -0.25) is 4.79 Å². The molecule has 28 heavy (non-hydrogen) atoms. The molecule has 0 spiro atoms. The number of carbonyl (C=O) groups is 1. The zero-order chi connectivity index (χ0) is 19.7. The Kier molecular flexibility index (Phi) is 3.78. The average Bonchev–Trinajstić information content (AvgIpc) is 3.31. The predicted molar refractivity (Wildman–Crippen MR) is 100 cm³/mol. The molecular formula is C20H21F2N3O3. The van der Waals surface area contributed by atoms with Crippen LogP contribution in [0, 0.1) is 17.6 Å². The van der Waals surface area contributed by atoms with E-state index in [1.807, 2.05) is 7.05 Å². The molecule has 3 heterocycles. The monoisotopic (exact) mass is 389 g/mol. The zero-order valence-electron chi connectivity index (χ0n) is 15.5. The lowest BCUT2D eigenvalue weighted by molar-refractivity contribution is 0.0695. The highest BCUT2D eigenvalue weighted by Gasteiger charge is 2.42. The molecule has 6 nitrogen and oxygen atoms in total. The number of hydrogen-bond donors (Lipinski definition) is 1. The third-order valence-corrected chi connectivity index (χ3v) is 6.37. The molecule has 1 aromatic heterocycles. The van der Waals surface area contributed by atoms with Crippen LogP contribution in [0.3, 0.4) is 0 Å². The molecule has 148 valence electrons. The molecule has 2 saturated heterocycles. The summed E-state index contributed by atoms with van der Waals surface area (Å²) < 4.78 is 32.3. The predicted octanol–water partition coefficient (Wildman–Crippen LogP) is 2.45. The van der Waals surface area contributed by atoms with Crippen molar-refractivity contribution in [2.75, 3.05) is 31.6 Å².